The molecule has 22 heavy (non-hydrogen) atoms. The summed E-state index contributed by atoms with van der Waals surface area (Å²) in [6, 6.07) is -1.38. The van der Waals surface area contributed by atoms with Crippen molar-refractivity contribution in [3.8, 4) is 5.88 Å². The zero-order valence-corrected chi connectivity index (χ0v) is 11.9. The van der Waals surface area contributed by atoms with E-state index in [1.807, 2.05) is 0 Å². The Labute approximate surface area is 123 Å². The highest BCUT2D eigenvalue weighted by atomic mass is 16.4. The van der Waals surface area contributed by atoms with Crippen LogP contribution in [0.15, 0.2) is 14.6 Å². The highest BCUT2D eigenvalue weighted by molar-refractivity contribution is 5.85. The topological polar surface area (TPSA) is 151 Å². The van der Waals surface area contributed by atoms with Crippen LogP contribution in [0.1, 0.15) is 18.4 Å². The molecule has 0 radical (unpaired) electrons. The molecule has 0 bridgehead atoms. The van der Waals surface area contributed by atoms with Gasteiger partial charge in [0.25, 0.3) is 5.56 Å². The van der Waals surface area contributed by atoms with E-state index in [0.29, 0.717) is 0 Å². The maximum absolute atomic E-state index is 11.9. The third-order valence-corrected chi connectivity index (χ3v) is 2.97. The Bertz CT molecular complexity index is 744. The van der Waals surface area contributed by atoms with Gasteiger partial charge in [-0.25, -0.2) is 9.59 Å². The first kappa shape index (κ1) is 17.1. The zero-order chi connectivity index (χ0) is 17.0. The Morgan fingerprint density at radius 1 is 1.23 bits per heavy atom. The molecule has 0 aromatic carbocycles. The number of carbonyl (C=O) groups is 2. The summed E-state index contributed by atoms with van der Waals surface area (Å²) >= 11 is 0. The van der Waals surface area contributed by atoms with Gasteiger partial charge in [0.15, 0.2) is 0 Å². The van der Waals surface area contributed by atoms with Crippen LogP contribution in [0, 0.1) is 0 Å². The van der Waals surface area contributed by atoms with Crippen LogP contribution in [0.3, 0.4) is 0 Å². The van der Waals surface area contributed by atoms with E-state index in [9.17, 15) is 24.3 Å². The Morgan fingerprint density at radius 3 is 2.32 bits per heavy atom. The number of aliphatic carboxylic acids is 2. The number of rotatable bonds is 6. The largest absolute Gasteiger partial charge is 0.494 e. The molecule has 0 aliphatic carbocycles. The Kier molecular flexibility index (Phi) is 5.22. The van der Waals surface area contributed by atoms with E-state index in [1.165, 1.54) is 14.1 Å². The quantitative estimate of drug-likeness (QED) is 0.542. The summed E-state index contributed by atoms with van der Waals surface area (Å²) in [6.07, 6.45) is 0.150. The molecular formula is C12H15N3O7. The molecule has 0 aliphatic heterocycles. The van der Waals surface area contributed by atoms with Crippen molar-refractivity contribution >= 4 is 18.2 Å². The Hall–Kier alpha value is -2.91. The van der Waals surface area contributed by atoms with E-state index in [0.717, 1.165) is 15.3 Å². The van der Waals surface area contributed by atoms with Gasteiger partial charge in [-0.1, -0.05) is 0 Å². The summed E-state index contributed by atoms with van der Waals surface area (Å²) in [6.45, 7) is 0. The predicted octanol–water partition coefficient (Wildman–Crippen LogP) is -1.47. The molecule has 1 aromatic rings. The fourth-order valence-electron chi connectivity index (χ4n) is 1.66. The first-order chi connectivity index (χ1) is 10.2. The molecule has 1 rings (SSSR count). The summed E-state index contributed by atoms with van der Waals surface area (Å²) in [7, 11) is 2.42. The minimum atomic E-state index is -1.38. The van der Waals surface area contributed by atoms with Crippen LogP contribution >= 0.6 is 0 Å². The first-order valence-corrected chi connectivity index (χ1v) is 6.13. The number of nitrogens with zero attached hydrogens (tertiary/aromatic N) is 3. The van der Waals surface area contributed by atoms with Gasteiger partial charge in [0, 0.05) is 26.7 Å². The third-order valence-electron chi connectivity index (χ3n) is 2.97. The van der Waals surface area contributed by atoms with Crippen LogP contribution in [-0.4, -0.2) is 48.6 Å². The highest BCUT2D eigenvalue weighted by Gasteiger charge is 2.18. The second-order valence-corrected chi connectivity index (χ2v) is 4.51. The fraction of sp³-hybridized carbons (Fsp3) is 0.417. The summed E-state index contributed by atoms with van der Waals surface area (Å²) in [4.78, 5) is 48.5. The maximum atomic E-state index is 11.9. The number of aromatic nitrogens is 2. The van der Waals surface area contributed by atoms with Gasteiger partial charge in [-0.15, -0.1) is 0 Å². The van der Waals surface area contributed by atoms with Crippen molar-refractivity contribution in [2.24, 2.45) is 19.1 Å². The van der Waals surface area contributed by atoms with Crippen molar-refractivity contribution in [1.29, 1.82) is 0 Å². The van der Waals surface area contributed by atoms with Crippen LogP contribution in [0.25, 0.3) is 0 Å². The van der Waals surface area contributed by atoms with Crippen molar-refractivity contribution in [2.75, 3.05) is 0 Å². The Morgan fingerprint density at radius 2 is 1.82 bits per heavy atom. The van der Waals surface area contributed by atoms with Crippen molar-refractivity contribution in [3.05, 3.63) is 26.4 Å². The SMILES string of the molecule is Cn1c(O)c(C=NC(CCC(=O)O)C(=O)O)c(=O)n(C)c1=O. The highest BCUT2D eigenvalue weighted by Crippen LogP contribution is 2.08. The molecule has 0 fully saturated rings. The summed E-state index contributed by atoms with van der Waals surface area (Å²) in [5, 5.41) is 27.3. The summed E-state index contributed by atoms with van der Waals surface area (Å²) in [5.41, 5.74) is -1.95. The molecule has 0 saturated heterocycles. The van der Waals surface area contributed by atoms with E-state index in [2.05, 4.69) is 4.99 Å². The second kappa shape index (κ2) is 6.70. The molecule has 0 aliphatic rings. The molecular weight excluding hydrogens is 298 g/mol. The van der Waals surface area contributed by atoms with E-state index in [4.69, 9.17) is 10.2 Å². The van der Waals surface area contributed by atoms with Crippen molar-refractivity contribution in [1.82, 2.24) is 9.13 Å². The van der Waals surface area contributed by atoms with Gasteiger partial charge in [0.05, 0.1) is 0 Å². The van der Waals surface area contributed by atoms with E-state index in [1.54, 1.807) is 0 Å². The van der Waals surface area contributed by atoms with Gasteiger partial charge < -0.3 is 15.3 Å². The molecule has 1 atom stereocenters. The molecule has 0 saturated carbocycles. The van der Waals surface area contributed by atoms with Crippen LogP contribution in [-0.2, 0) is 23.7 Å². The number of aromatic hydroxyl groups is 1. The summed E-state index contributed by atoms with van der Waals surface area (Å²) in [5.74, 6) is -3.19. The molecule has 10 heteroatoms. The molecule has 1 aromatic heterocycles. The number of hydrogen-bond acceptors (Lipinski definition) is 6. The van der Waals surface area contributed by atoms with Gasteiger partial charge in [0.1, 0.15) is 11.6 Å². The molecule has 1 unspecified atom stereocenters. The van der Waals surface area contributed by atoms with E-state index < -0.39 is 41.5 Å². The molecule has 3 N–H and O–H groups in total. The molecule has 0 amide bonds. The lowest BCUT2D eigenvalue weighted by Crippen LogP contribution is -2.38. The molecule has 120 valence electrons. The average Bonchev–Trinajstić information content (AvgIpc) is 2.45. The van der Waals surface area contributed by atoms with Gasteiger partial charge in [-0.05, 0) is 6.42 Å². The van der Waals surface area contributed by atoms with Crippen molar-refractivity contribution in [2.45, 2.75) is 18.9 Å². The molecule has 10 nitrogen and oxygen atoms in total. The number of carboxylic acids is 2. The zero-order valence-electron chi connectivity index (χ0n) is 11.9. The standard InChI is InChI=1S/C12H15N3O7/c1-14-9(18)6(10(19)15(2)12(14)22)5-13-7(11(20)21)3-4-8(16)17/h5,7,18H,3-4H2,1-2H3,(H,16,17)(H,20,21). The second-order valence-electron chi connectivity index (χ2n) is 4.51. The van der Waals surface area contributed by atoms with Crippen molar-refractivity contribution in [3.63, 3.8) is 0 Å². The minimum Gasteiger partial charge on any atom is -0.494 e. The van der Waals surface area contributed by atoms with Crippen LogP contribution < -0.4 is 11.2 Å². The number of carboxylic acid groups (broad SMARTS) is 2. The number of hydrogen-bond donors (Lipinski definition) is 3. The lowest BCUT2D eigenvalue weighted by atomic mass is 10.1. The van der Waals surface area contributed by atoms with Gasteiger partial charge in [0.2, 0.25) is 5.88 Å². The average molecular weight is 313 g/mol. The number of aliphatic imine (C=N–C) groups is 1. The van der Waals surface area contributed by atoms with E-state index >= 15 is 0 Å². The molecule has 1 heterocycles. The third kappa shape index (κ3) is 3.59. The lowest BCUT2D eigenvalue weighted by Gasteiger charge is -2.08. The fourth-order valence-corrected chi connectivity index (χ4v) is 1.66. The minimum absolute atomic E-state index is 0.270. The molecule has 0 spiro atoms. The summed E-state index contributed by atoms with van der Waals surface area (Å²) < 4.78 is 1.53. The predicted molar refractivity (Wildman–Crippen MR) is 74.5 cm³/mol. The van der Waals surface area contributed by atoms with Crippen LogP contribution in [0.5, 0.6) is 5.88 Å². The maximum Gasteiger partial charge on any atom is 0.333 e. The normalized spacial score (nSPS) is 12.5. The van der Waals surface area contributed by atoms with Crippen LogP contribution in [0.2, 0.25) is 0 Å². The lowest BCUT2D eigenvalue weighted by molar-refractivity contribution is -0.139. The smallest absolute Gasteiger partial charge is 0.333 e. The first-order valence-electron chi connectivity index (χ1n) is 6.13. The van der Waals surface area contributed by atoms with Gasteiger partial charge in [-0.3, -0.25) is 23.7 Å². The van der Waals surface area contributed by atoms with Gasteiger partial charge in [-0.2, -0.15) is 0 Å². The monoisotopic (exact) mass is 313 g/mol. The van der Waals surface area contributed by atoms with Gasteiger partial charge >= 0.3 is 17.6 Å². The van der Waals surface area contributed by atoms with Crippen molar-refractivity contribution < 1.29 is 24.9 Å². The van der Waals surface area contributed by atoms with E-state index in [-0.39, 0.29) is 12.0 Å². The van der Waals surface area contributed by atoms with Crippen LogP contribution in [0.4, 0.5) is 0 Å². The Balaban J connectivity index is 3.22.